The van der Waals surface area contributed by atoms with Crippen molar-refractivity contribution in [3.63, 3.8) is 0 Å². The minimum absolute atomic E-state index is 0.272. The number of aromatic nitrogens is 2. The van der Waals surface area contributed by atoms with E-state index in [-0.39, 0.29) is 5.97 Å². The van der Waals surface area contributed by atoms with Gasteiger partial charge in [-0.05, 0) is 65.1 Å². The number of aryl methyl sites for hydroxylation is 1. The molecule has 2 fully saturated rings. The van der Waals surface area contributed by atoms with Gasteiger partial charge in [0.2, 0.25) is 0 Å². The summed E-state index contributed by atoms with van der Waals surface area (Å²) in [5, 5.41) is 4.67. The Morgan fingerprint density at radius 1 is 1.23 bits per heavy atom. The Balaban J connectivity index is 1.58. The van der Waals surface area contributed by atoms with Gasteiger partial charge in [0.05, 0.1) is 18.5 Å². The molecule has 1 N–H and O–H groups in total. The Labute approximate surface area is 182 Å². The highest BCUT2D eigenvalue weighted by molar-refractivity contribution is 7.20. The first-order valence-corrected chi connectivity index (χ1v) is 11.9. The van der Waals surface area contributed by atoms with Crippen LogP contribution in [0.25, 0.3) is 10.2 Å². The van der Waals surface area contributed by atoms with Gasteiger partial charge in [-0.2, -0.15) is 0 Å². The molecule has 8 heteroatoms. The molecule has 0 atom stereocenters. The predicted octanol–water partition coefficient (Wildman–Crippen LogP) is 3.52. The van der Waals surface area contributed by atoms with Crippen molar-refractivity contribution < 1.29 is 9.53 Å². The second kappa shape index (κ2) is 9.16. The van der Waals surface area contributed by atoms with Crippen LogP contribution in [0.3, 0.4) is 0 Å². The van der Waals surface area contributed by atoms with Crippen molar-refractivity contribution in [2.45, 2.75) is 52.1 Å². The van der Waals surface area contributed by atoms with Crippen molar-refractivity contribution in [3.05, 3.63) is 16.3 Å². The second-order valence-corrected chi connectivity index (χ2v) is 9.84. The number of fused-ring (bicyclic) bond motifs is 1. The molecule has 2 aromatic rings. The molecule has 1 aliphatic carbocycles. The van der Waals surface area contributed by atoms with Gasteiger partial charge in [0.1, 0.15) is 21.3 Å². The third-order valence-corrected chi connectivity index (χ3v) is 7.06. The summed E-state index contributed by atoms with van der Waals surface area (Å²) < 4.78 is 5.26. The SMILES string of the molecule is CCOC(=O)c1sc2nc(CN(C)C)nc(NC3CCN(CC4CC4)CC3)c2c1C. The summed E-state index contributed by atoms with van der Waals surface area (Å²) in [6, 6.07) is 0.399. The minimum Gasteiger partial charge on any atom is -0.462 e. The van der Waals surface area contributed by atoms with E-state index in [1.165, 1.54) is 30.7 Å². The number of carbonyl (C=O) groups excluding carboxylic acids is 1. The van der Waals surface area contributed by atoms with Crippen LogP contribution in [0.2, 0.25) is 0 Å². The number of rotatable bonds is 8. The van der Waals surface area contributed by atoms with E-state index < -0.39 is 0 Å². The molecule has 164 valence electrons. The van der Waals surface area contributed by atoms with Crippen LogP contribution < -0.4 is 5.32 Å². The number of ether oxygens (including phenoxy) is 1. The Hall–Kier alpha value is -1.77. The maximum Gasteiger partial charge on any atom is 0.348 e. The van der Waals surface area contributed by atoms with Gasteiger partial charge in [-0.15, -0.1) is 11.3 Å². The number of carbonyl (C=O) groups is 1. The van der Waals surface area contributed by atoms with Gasteiger partial charge in [0.15, 0.2) is 0 Å². The number of hydrogen-bond acceptors (Lipinski definition) is 8. The topological polar surface area (TPSA) is 70.6 Å². The second-order valence-electron chi connectivity index (χ2n) is 8.85. The Bertz CT molecular complexity index is 901. The normalized spacial score (nSPS) is 18.3. The molecular formula is C22H33N5O2S. The van der Waals surface area contributed by atoms with Crippen LogP contribution in [0.4, 0.5) is 5.82 Å². The molecule has 0 unspecified atom stereocenters. The van der Waals surface area contributed by atoms with Crippen LogP contribution in [0, 0.1) is 12.8 Å². The molecule has 1 saturated heterocycles. The van der Waals surface area contributed by atoms with Crippen molar-refractivity contribution in [1.82, 2.24) is 19.8 Å². The Kier molecular flexibility index (Phi) is 6.55. The van der Waals surface area contributed by atoms with Gasteiger partial charge < -0.3 is 19.9 Å². The maximum absolute atomic E-state index is 12.4. The Morgan fingerprint density at radius 3 is 2.60 bits per heavy atom. The molecule has 0 bridgehead atoms. The van der Waals surface area contributed by atoms with E-state index in [1.807, 2.05) is 27.9 Å². The fourth-order valence-corrected chi connectivity index (χ4v) is 5.24. The first-order valence-electron chi connectivity index (χ1n) is 11.0. The van der Waals surface area contributed by atoms with E-state index in [4.69, 9.17) is 14.7 Å². The molecule has 30 heavy (non-hydrogen) atoms. The lowest BCUT2D eigenvalue weighted by molar-refractivity contribution is 0.0531. The molecule has 3 heterocycles. The lowest BCUT2D eigenvalue weighted by Gasteiger charge is -2.32. The number of piperidine rings is 1. The summed E-state index contributed by atoms with van der Waals surface area (Å²) in [6.07, 6.45) is 5.06. The molecule has 0 aromatic carbocycles. The van der Waals surface area contributed by atoms with E-state index in [2.05, 4.69) is 15.1 Å². The predicted molar refractivity (Wildman–Crippen MR) is 121 cm³/mol. The monoisotopic (exact) mass is 431 g/mol. The largest absolute Gasteiger partial charge is 0.462 e. The molecule has 4 rings (SSSR count). The average molecular weight is 432 g/mol. The van der Waals surface area contributed by atoms with Crippen molar-refractivity contribution in [2.24, 2.45) is 5.92 Å². The summed E-state index contributed by atoms with van der Waals surface area (Å²) in [4.78, 5) is 28.2. The fourth-order valence-electron chi connectivity index (χ4n) is 4.15. The van der Waals surface area contributed by atoms with Crippen LogP contribution in [0.15, 0.2) is 0 Å². The number of thiophene rings is 1. The van der Waals surface area contributed by atoms with Crippen LogP contribution in [0.1, 0.15) is 53.7 Å². The zero-order valence-corrected chi connectivity index (χ0v) is 19.3. The minimum atomic E-state index is -0.272. The molecule has 0 radical (unpaired) electrons. The smallest absolute Gasteiger partial charge is 0.348 e. The summed E-state index contributed by atoms with van der Waals surface area (Å²) in [5.41, 5.74) is 0.915. The number of esters is 1. The van der Waals surface area contributed by atoms with Crippen LogP contribution in [-0.2, 0) is 11.3 Å². The summed E-state index contributed by atoms with van der Waals surface area (Å²) >= 11 is 1.41. The number of nitrogens with zero attached hydrogens (tertiary/aromatic N) is 4. The number of likely N-dealkylation sites (tertiary alicyclic amines) is 1. The highest BCUT2D eigenvalue weighted by Gasteiger charge is 2.28. The average Bonchev–Trinajstić information content (AvgIpc) is 3.44. The first kappa shape index (κ1) is 21.5. The third kappa shape index (κ3) is 4.92. The molecule has 7 nitrogen and oxygen atoms in total. The van der Waals surface area contributed by atoms with E-state index in [9.17, 15) is 4.79 Å². The molecule has 2 aromatic heterocycles. The Morgan fingerprint density at radius 2 is 1.97 bits per heavy atom. The van der Waals surface area contributed by atoms with Gasteiger partial charge in [-0.25, -0.2) is 14.8 Å². The van der Waals surface area contributed by atoms with E-state index in [1.54, 1.807) is 0 Å². The lowest BCUT2D eigenvalue weighted by Crippen LogP contribution is -2.40. The van der Waals surface area contributed by atoms with Crippen molar-refractivity contribution >= 4 is 33.3 Å². The number of nitrogens with one attached hydrogen (secondary N) is 1. The van der Waals surface area contributed by atoms with Crippen molar-refractivity contribution in [3.8, 4) is 0 Å². The van der Waals surface area contributed by atoms with E-state index in [0.29, 0.717) is 24.1 Å². The van der Waals surface area contributed by atoms with E-state index in [0.717, 1.165) is 59.3 Å². The molecule has 0 spiro atoms. The maximum atomic E-state index is 12.4. The van der Waals surface area contributed by atoms with Crippen LogP contribution >= 0.6 is 11.3 Å². The van der Waals surface area contributed by atoms with Crippen molar-refractivity contribution in [2.75, 3.05) is 45.7 Å². The van der Waals surface area contributed by atoms with Gasteiger partial charge in [0, 0.05) is 25.7 Å². The summed E-state index contributed by atoms with van der Waals surface area (Å²) in [6.45, 7) is 8.39. The van der Waals surface area contributed by atoms with Crippen LogP contribution in [-0.4, -0.2) is 72.1 Å². The number of hydrogen-bond donors (Lipinski definition) is 1. The first-order chi connectivity index (χ1) is 14.4. The molecular weight excluding hydrogens is 398 g/mol. The summed E-state index contributed by atoms with van der Waals surface area (Å²) in [7, 11) is 4.03. The van der Waals surface area contributed by atoms with Gasteiger partial charge in [-0.1, -0.05) is 0 Å². The van der Waals surface area contributed by atoms with Crippen molar-refractivity contribution in [1.29, 1.82) is 0 Å². The van der Waals surface area contributed by atoms with Gasteiger partial charge in [0.25, 0.3) is 0 Å². The number of anilines is 1. The van der Waals surface area contributed by atoms with Gasteiger partial charge >= 0.3 is 5.97 Å². The zero-order chi connectivity index (χ0) is 21.3. The standard InChI is InChI=1S/C22H33N5O2S/c1-5-29-22(28)19-14(2)18-20(24-17(13-26(3)4)25-21(18)30-19)23-16-8-10-27(11-9-16)12-15-6-7-15/h15-16H,5-13H2,1-4H3,(H,23,24,25). The highest BCUT2D eigenvalue weighted by atomic mass is 32.1. The molecule has 0 amide bonds. The molecule has 2 aliphatic rings. The van der Waals surface area contributed by atoms with E-state index >= 15 is 0 Å². The molecule has 1 saturated carbocycles. The fraction of sp³-hybridized carbons (Fsp3) is 0.682. The zero-order valence-electron chi connectivity index (χ0n) is 18.5. The van der Waals surface area contributed by atoms with Gasteiger partial charge in [-0.3, -0.25) is 0 Å². The lowest BCUT2D eigenvalue weighted by atomic mass is 10.0. The molecule has 1 aliphatic heterocycles. The quantitative estimate of drug-likeness (QED) is 0.641. The third-order valence-electron chi connectivity index (χ3n) is 5.90. The summed E-state index contributed by atoms with van der Waals surface area (Å²) in [5.74, 6) is 2.31. The highest BCUT2D eigenvalue weighted by Crippen LogP contribution is 2.36. The van der Waals surface area contributed by atoms with Crippen LogP contribution in [0.5, 0.6) is 0 Å².